The van der Waals surface area contributed by atoms with Gasteiger partial charge in [-0.15, -0.1) is 12.4 Å². The van der Waals surface area contributed by atoms with Crippen molar-refractivity contribution in [3.63, 3.8) is 0 Å². The minimum Gasteiger partial charge on any atom is -0.353 e. The molecule has 0 aliphatic heterocycles. The minimum absolute atomic E-state index is 0. The summed E-state index contributed by atoms with van der Waals surface area (Å²) < 4.78 is 37.4. The van der Waals surface area contributed by atoms with Crippen LogP contribution in [0.5, 0.6) is 0 Å². The third-order valence-electron chi connectivity index (χ3n) is 3.65. The van der Waals surface area contributed by atoms with E-state index in [1.807, 2.05) is 0 Å². The van der Waals surface area contributed by atoms with Crippen LogP contribution in [0.4, 0.5) is 13.2 Å². The van der Waals surface area contributed by atoms with Gasteiger partial charge in [-0.1, -0.05) is 0 Å². The largest absolute Gasteiger partial charge is 0.391 e. The van der Waals surface area contributed by atoms with E-state index < -0.39 is 17.5 Å². The number of amides is 1. The number of nitrogens with one attached hydrogen (secondary N) is 1. The van der Waals surface area contributed by atoms with Crippen molar-refractivity contribution >= 4 is 18.3 Å². The highest BCUT2D eigenvalue weighted by Crippen LogP contribution is 2.37. The Hall–Kier alpha value is -0.490. The van der Waals surface area contributed by atoms with E-state index in [1.54, 1.807) is 13.8 Å². The van der Waals surface area contributed by atoms with Crippen molar-refractivity contribution in [3.8, 4) is 0 Å². The molecule has 0 atom stereocenters. The molecule has 1 rings (SSSR count). The normalized spacial score (nSPS) is 24.5. The SMILES string of the molecule is CC(C)(CN)C(=O)NC1CCC(C(F)(F)F)CC1.Cl. The van der Waals surface area contributed by atoms with Gasteiger partial charge in [0, 0.05) is 12.6 Å². The number of halogens is 4. The van der Waals surface area contributed by atoms with Crippen LogP contribution in [0, 0.1) is 11.3 Å². The first-order valence-electron chi connectivity index (χ1n) is 6.24. The van der Waals surface area contributed by atoms with Crippen molar-refractivity contribution in [2.75, 3.05) is 6.54 Å². The highest BCUT2D eigenvalue weighted by atomic mass is 35.5. The molecule has 0 aromatic heterocycles. The fraction of sp³-hybridized carbons (Fsp3) is 0.917. The zero-order valence-electron chi connectivity index (χ0n) is 11.2. The van der Waals surface area contributed by atoms with Crippen LogP contribution in [0.2, 0.25) is 0 Å². The lowest BCUT2D eigenvalue weighted by Crippen LogP contribution is -2.47. The van der Waals surface area contributed by atoms with E-state index in [1.165, 1.54) is 0 Å². The second kappa shape index (κ2) is 6.79. The molecule has 3 nitrogen and oxygen atoms in total. The Bertz CT molecular complexity index is 300. The predicted molar refractivity (Wildman–Crippen MR) is 70.0 cm³/mol. The fourth-order valence-electron chi connectivity index (χ4n) is 2.04. The Morgan fingerprint density at radius 3 is 2.05 bits per heavy atom. The molecule has 3 N–H and O–H groups in total. The average molecular weight is 303 g/mol. The lowest BCUT2D eigenvalue weighted by Gasteiger charge is -2.32. The zero-order valence-corrected chi connectivity index (χ0v) is 12.0. The molecule has 0 spiro atoms. The third-order valence-corrected chi connectivity index (χ3v) is 3.65. The van der Waals surface area contributed by atoms with Crippen molar-refractivity contribution in [1.82, 2.24) is 5.32 Å². The van der Waals surface area contributed by atoms with Gasteiger partial charge >= 0.3 is 6.18 Å². The standard InChI is InChI=1S/C12H21F3N2O.ClH/c1-11(2,7-16)10(18)17-9-5-3-8(4-6-9)12(13,14)15;/h8-9H,3-7,16H2,1-2H3,(H,17,18);1H. The average Bonchev–Trinajstić information content (AvgIpc) is 2.28. The summed E-state index contributed by atoms with van der Waals surface area (Å²) in [5, 5.41) is 2.80. The van der Waals surface area contributed by atoms with Gasteiger partial charge in [0.2, 0.25) is 5.91 Å². The summed E-state index contributed by atoms with van der Waals surface area (Å²) in [5.41, 5.74) is 4.82. The van der Waals surface area contributed by atoms with Crippen LogP contribution in [0.15, 0.2) is 0 Å². The minimum atomic E-state index is -4.11. The second-order valence-electron chi connectivity index (χ2n) is 5.65. The van der Waals surface area contributed by atoms with Crippen molar-refractivity contribution < 1.29 is 18.0 Å². The molecule has 1 amide bonds. The van der Waals surface area contributed by atoms with E-state index in [4.69, 9.17) is 5.73 Å². The molecule has 1 aliphatic rings. The first-order valence-corrected chi connectivity index (χ1v) is 6.24. The fourth-order valence-corrected chi connectivity index (χ4v) is 2.04. The van der Waals surface area contributed by atoms with Crippen LogP contribution < -0.4 is 11.1 Å². The van der Waals surface area contributed by atoms with Gasteiger partial charge < -0.3 is 11.1 Å². The number of hydrogen-bond donors (Lipinski definition) is 2. The van der Waals surface area contributed by atoms with Crippen molar-refractivity contribution in [2.24, 2.45) is 17.1 Å². The first kappa shape index (κ1) is 18.5. The molecule has 1 aliphatic carbocycles. The summed E-state index contributed by atoms with van der Waals surface area (Å²) in [6.07, 6.45) is -3.15. The zero-order chi connectivity index (χ0) is 14.0. The Balaban J connectivity index is 0.00000324. The van der Waals surface area contributed by atoms with Gasteiger partial charge in [-0.05, 0) is 39.5 Å². The van der Waals surface area contributed by atoms with E-state index >= 15 is 0 Å². The maximum atomic E-state index is 12.5. The summed E-state index contributed by atoms with van der Waals surface area (Å²) in [6, 6.07) is -0.151. The smallest absolute Gasteiger partial charge is 0.353 e. The van der Waals surface area contributed by atoms with E-state index in [2.05, 4.69) is 5.32 Å². The predicted octanol–water partition coefficient (Wildman–Crippen LogP) is 2.63. The summed E-state index contributed by atoms with van der Waals surface area (Å²) in [5.74, 6) is -1.39. The number of alkyl halides is 3. The van der Waals surface area contributed by atoms with Gasteiger partial charge in [0.25, 0.3) is 0 Å². The molecule has 19 heavy (non-hydrogen) atoms. The van der Waals surface area contributed by atoms with Crippen LogP contribution in [0.25, 0.3) is 0 Å². The molecular weight excluding hydrogens is 281 g/mol. The van der Waals surface area contributed by atoms with Crippen molar-refractivity contribution in [1.29, 1.82) is 0 Å². The summed E-state index contributed by atoms with van der Waals surface area (Å²) in [4.78, 5) is 11.8. The maximum absolute atomic E-state index is 12.5. The topological polar surface area (TPSA) is 55.1 Å². The van der Waals surface area contributed by atoms with E-state index in [-0.39, 0.29) is 43.7 Å². The van der Waals surface area contributed by atoms with Crippen molar-refractivity contribution in [3.05, 3.63) is 0 Å². The number of hydrogen-bond acceptors (Lipinski definition) is 2. The number of carbonyl (C=O) groups excluding carboxylic acids is 1. The lowest BCUT2D eigenvalue weighted by atomic mass is 9.84. The van der Waals surface area contributed by atoms with Gasteiger partial charge in [0.1, 0.15) is 0 Å². The second-order valence-corrected chi connectivity index (χ2v) is 5.65. The molecule has 0 saturated heterocycles. The monoisotopic (exact) mass is 302 g/mol. The Labute approximate surface area is 117 Å². The molecule has 0 unspecified atom stereocenters. The number of carbonyl (C=O) groups is 1. The molecule has 1 fully saturated rings. The van der Waals surface area contributed by atoms with Gasteiger partial charge in [-0.25, -0.2) is 0 Å². The summed E-state index contributed by atoms with van der Waals surface area (Å²) in [7, 11) is 0. The lowest BCUT2D eigenvalue weighted by molar-refractivity contribution is -0.182. The molecule has 0 aromatic rings. The molecule has 0 bridgehead atoms. The molecule has 0 aromatic carbocycles. The molecule has 114 valence electrons. The van der Waals surface area contributed by atoms with E-state index in [9.17, 15) is 18.0 Å². The highest BCUT2D eigenvalue weighted by molar-refractivity contribution is 5.85. The summed E-state index contributed by atoms with van der Waals surface area (Å²) >= 11 is 0. The molecule has 0 radical (unpaired) electrons. The number of rotatable bonds is 3. The molecule has 1 saturated carbocycles. The quantitative estimate of drug-likeness (QED) is 0.842. The van der Waals surface area contributed by atoms with Crippen LogP contribution >= 0.6 is 12.4 Å². The van der Waals surface area contributed by atoms with Crippen LogP contribution in [-0.4, -0.2) is 24.7 Å². The van der Waals surface area contributed by atoms with Crippen LogP contribution in [0.1, 0.15) is 39.5 Å². The van der Waals surface area contributed by atoms with Gasteiger partial charge in [0.05, 0.1) is 11.3 Å². The third kappa shape index (κ3) is 5.18. The Morgan fingerprint density at radius 2 is 1.68 bits per heavy atom. The molecule has 7 heteroatoms. The van der Waals surface area contributed by atoms with Crippen LogP contribution in [-0.2, 0) is 4.79 Å². The Morgan fingerprint density at radius 1 is 1.21 bits per heavy atom. The Kier molecular flexibility index (Phi) is 6.62. The molecule has 0 heterocycles. The summed E-state index contributed by atoms with van der Waals surface area (Å²) in [6.45, 7) is 3.67. The highest BCUT2D eigenvalue weighted by Gasteiger charge is 2.42. The van der Waals surface area contributed by atoms with Gasteiger partial charge in [0.15, 0.2) is 0 Å². The van der Waals surface area contributed by atoms with E-state index in [0.717, 1.165) is 0 Å². The first-order chi connectivity index (χ1) is 8.16. The molecular formula is C12H22ClF3N2O. The van der Waals surface area contributed by atoms with Crippen molar-refractivity contribution in [2.45, 2.75) is 51.7 Å². The van der Waals surface area contributed by atoms with Gasteiger partial charge in [-0.3, -0.25) is 4.79 Å². The maximum Gasteiger partial charge on any atom is 0.391 e. The van der Waals surface area contributed by atoms with E-state index in [0.29, 0.717) is 12.8 Å². The van der Waals surface area contributed by atoms with Gasteiger partial charge in [-0.2, -0.15) is 13.2 Å². The number of nitrogens with two attached hydrogens (primary N) is 1. The van der Waals surface area contributed by atoms with Crippen LogP contribution in [0.3, 0.4) is 0 Å².